The highest BCUT2D eigenvalue weighted by Crippen LogP contribution is 2.33. The molecule has 0 saturated carbocycles. The minimum atomic E-state index is -4.13. The maximum Gasteiger partial charge on any atom is 0.271 e. The molecule has 0 atom stereocenters. The maximum atomic E-state index is 13.9. The van der Waals surface area contributed by atoms with E-state index in [0.29, 0.717) is 10.6 Å². The van der Waals surface area contributed by atoms with Crippen LogP contribution in [0.3, 0.4) is 0 Å². The molecule has 4 aromatic carbocycles. The Bertz CT molecular complexity index is 1620. The van der Waals surface area contributed by atoms with E-state index in [4.69, 9.17) is 16.3 Å². The summed E-state index contributed by atoms with van der Waals surface area (Å²) in [6.07, 6.45) is 0. The number of nitro groups is 1. The number of para-hydroxylation sites is 1. The number of hydrogen-bond acceptors (Lipinski definition) is 6. The largest absolute Gasteiger partial charge is 0.495 e. The molecule has 0 spiro atoms. The van der Waals surface area contributed by atoms with Crippen molar-refractivity contribution in [3.63, 3.8) is 0 Å². The molecule has 1 amide bonds. The van der Waals surface area contributed by atoms with Crippen LogP contribution in [0.25, 0.3) is 0 Å². The highest BCUT2D eigenvalue weighted by Gasteiger charge is 2.29. The highest BCUT2D eigenvalue weighted by atomic mass is 35.5. The van der Waals surface area contributed by atoms with Crippen LogP contribution < -0.4 is 14.4 Å². The third kappa shape index (κ3) is 6.19. The van der Waals surface area contributed by atoms with Gasteiger partial charge in [0.25, 0.3) is 21.6 Å². The Hall–Kier alpha value is -4.41. The fourth-order valence-electron chi connectivity index (χ4n) is 3.87. The lowest BCUT2D eigenvalue weighted by Crippen LogP contribution is -2.32. The Morgan fingerprint density at radius 2 is 1.67 bits per heavy atom. The first kappa shape index (κ1) is 27.6. The van der Waals surface area contributed by atoms with Gasteiger partial charge in [-0.25, -0.2) is 8.42 Å². The van der Waals surface area contributed by atoms with Crippen molar-refractivity contribution >= 4 is 44.6 Å². The molecule has 0 fully saturated rings. The molecule has 1 N–H and O–H groups in total. The zero-order valence-corrected chi connectivity index (χ0v) is 22.6. The molecule has 0 bridgehead atoms. The fraction of sp³-hybridized carbons (Fsp3) is 0.107. The molecule has 4 rings (SSSR count). The lowest BCUT2D eigenvalue weighted by Gasteiger charge is -2.27. The van der Waals surface area contributed by atoms with Gasteiger partial charge in [0.05, 0.1) is 40.4 Å². The van der Waals surface area contributed by atoms with Crippen LogP contribution >= 0.6 is 11.6 Å². The summed E-state index contributed by atoms with van der Waals surface area (Å²) in [5.41, 5.74) is 1.52. The van der Waals surface area contributed by atoms with Gasteiger partial charge in [-0.05, 0) is 55.0 Å². The number of non-ortho nitro benzene ring substituents is 1. The number of nitro benzene ring substituents is 1. The first-order valence-corrected chi connectivity index (χ1v) is 13.5. The second kappa shape index (κ2) is 11.5. The van der Waals surface area contributed by atoms with E-state index in [1.807, 2.05) is 6.92 Å². The minimum Gasteiger partial charge on any atom is -0.495 e. The van der Waals surface area contributed by atoms with Gasteiger partial charge in [-0.2, -0.15) is 0 Å². The zero-order valence-electron chi connectivity index (χ0n) is 21.0. The van der Waals surface area contributed by atoms with Crippen LogP contribution in [0.5, 0.6) is 5.75 Å². The molecular formula is C28H24ClN3O6S. The lowest BCUT2D eigenvalue weighted by atomic mass is 10.1. The van der Waals surface area contributed by atoms with Crippen molar-refractivity contribution in [2.45, 2.75) is 18.4 Å². The zero-order chi connectivity index (χ0) is 28.2. The molecule has 4 aromatic rings. The molecule has 11 heteroatoms. The van der Waals surface area contributed by atoms with Gasteiger partial charge < -0.3 is 10.1 Å². The van der Waals surface area contributed by atoms with E-state index in [1.54, 1.807) is 48.5 Å². The summed E-state index contributed by atoms with van der Waals surface area (Å²) < 4.78 is 34.3. The summed E-state index contributed by atoms with van der Waals surface area (Å²) in [5, 5.41) is 14.4. The average Bonchev–Trinajstić information content (AvgIpc) is 2.92. The van der Waals surface area contributed by atoms with E-state index in [-0.39, 0.29) is 39.8 Å². The lowest BCUT2D eigenvalue weighted by molar-refractivity contribution is -0.384. The van der Waals surface area contributed by atoms with Crippen LogP contribution in [0.1, 0.15) is 21.5 Å². The first-order chi connectivity index (χ1) is 18.6. The number of rotatable bonds is 9. The average molecular weight is 566 g/mol. The second-order valence-corrected chi connectivity index (χ2v) is 10.9. The van der Waals surface area contributed by atoms with Gasteiger partial charge in [-0.15, -0.1) is 0 Å². The van der Waals surface area contributed by atoms with Gasteiger partial charge in [0.15, 0.2) is 0 Å². The molecule has 0 radical (unpaired) electrons. The van der Waals surface area contributed by atoms with Crippen molar-refractivity contribution in [2.75, 3.05) is 16.7 Å². The third-order valence-corrected chi connectivity index (χ3v) is 7.93. The topological polar surface area (TPSA) is 119 Å². The van der Waals surface area contributed by atoms with E-state index in [1.165, 1.54) is 49.6 Å². The Morgan fingerprint density at radius 1 is 1.00 bits per heavy atom. The summed E-state index contributed by atoms with van der Waals surface area (Å²) in [4.78, 5) is 24.3. The van der Waals surface area contributed by atoms with E-state index in [0.717, 1.165) is 9.87 Å². The third-order valence-electron chi connectivity index (χ3n) is 5.91. The minimum absolute atomic E-state index is 0.0377. The van der Waals surface area contributed by atoms with Crippen molar-refractivity contribution in [3.8, 4) is 5.75 Å². The van der Waals surface area contributed by atoms with Crippen molar-refractivity contribution in [2.24, 2.45) is 0 Å². The van der Waals surface area contributed by atoms with Crippen LogP contribution in [-0.2, 0) is 16.6 Å². The number of carbonyl (C=O) groups excluding carboxylic acids is 1. The van der Waals surface area contributed by atoms with Crippen LogP contribution in [0, 0.1) is 17.0 Å². The molecule has 0 aliphatic carbocycles. The number of anilines is 2. The molecular weight excluding hydrogens is 542 g/mol. The van der Waals surface area contributed by atoms with Gasteiger partial charge in [-0.1, -0.05) is 53.6 Å². The molecule has 9 nitrogen and oxygen atoms in total. The normalized spacial score (nSPS) is 11.1. The summed E-state index contributed by atoms with van der Waals surface area (Å²) in [5.74, 6) is -0.471. The second-order valence-electron chi connectivity index (χ2n) is 8.56. The van der Waals surface area contributed by atoms with Crippen LogP contribution in [0.4, 0.5) is 17.1 Å². The molecule has 0 saturated heterocycles. The number of benzene rings is 4. The SMILES string of the molecule is COc1ccc([N+](=O)[O-])cc1NC(=O)c1ccccc1N(Cc1ccc(Cl)cc1)S(=O)(=O)c1ccc(C)cc1. The Labute approximate surface area is 230 Å². The Morgan fingerprint density at radius 3 is 2.31 bits per heavy atom. The number of ether oxygens (including phenoxy) is 1. The molecule has 0 heterocycles. The number of nitrogens with zero attached hydrogens (tertiary/aromatic N) is 2. The Kier molecular flexibility index (Phi) is 8.18. The predicted octanol–water partition coefficient (Wildman–Crippen LogP) is 6.21. The molecule has 0 aromatic heterocycles. The number of halogens is 1. The molecule has 0 unspecified atom stereocenters. The number of hydrogen-bond donors (Lipinski definition) is 1. The summed E-state index contributed by atoms with van der Waals surface area (Å²) >= 11 is 6.03. The van der Waals surface area contributed by atoms with Gasteiger partial charge in [0.1, 0.15) is 5.75 Å². The van der Waals surface area contributed by atoms with Gasteiger partial charge in [-0.3, -0.25) is 19.2 Å². The summed E-state index contributed by atoms with van der Waals surface area (Å²) in [6.45, 7) is 1.77. The Balaban J connectivity index is 1.80. The van der Waals surface area contributed by atoms with Gasteiger partial charge in [0.2, 0.25) is 0 Å². The first-order valence-electron chi connectivity index (χ1n) is 11.7. The van der Waals surface area contributed by atoms with Crippen molar-refractivity contribution in [1.29, 1.82) is 0 Å². The number of sulfonamides is 1. The number of aryl methyl sites for hydroxylation is 1. The fourth-order valence-corrected chi connectivity index (χ4v) is 5.47. The standard InChI is InChI=1S/C28H24ClN3O6S/c1-19-7-14-23(15-8-19)39(36,37)31(18-20-9-11-21(29)12-10-20)26-6-4-3-5-24(26)28(33)30-25-17-22(32(34)35)13-16-27(25)38-2/h3-17H,18H2,1-2H3,(H,30,33). The van der Waals surface area contributed by atoms with E-state index < -0.39 is 20.9 Å². The highest BCUT2D eigenvalue weighted by molar-refractivity contribution is 7.92. The number of amides is 1. The monoisotopic (exact) mass is 565 g/mol. The number of methoxy groups -OCH3 is 1. The molecule has 0 aliphatic rings. The number of nitrogens with one attached hydrogen (secondary N) is 1. The summed E-state index contributed by atoms with van der Waals surface area (Å²) in [7, 11) is -2.76. The van der Waals surface area contributed by atoms with Crippen molar-refractivity contribution in [1.82, 2.24) is 0 Å². The molecule has 0 aliphatic heterocycles. The van der Waals surface area contributed by atoms with Crippen molar-refractivity contribution < 1.29 is 22.9 Å². The number of carbonyl (C=O) groups is 1. The smallest absolute Gasteiger partial charge is 0.271 e. The van der Waals surface area contributed by atoms with Gasteiger partial charge >= 0.3 is 0 Å². The molecule has 200 valence electrons. The van der Waals surface area contributed by atoms with E-state index in [9.17, 15) is 23.3 Å². The van der Waals surface area contributed by atoms with Crippen LogP contribution in [0.2, 0.25) is 5.02 Å². The van der Waals surface area contributed by atoms with E-state index in [2.05, 4.69) is 5.32 Å². The van der Waals surface area contributed by atoms with Crippen LogP contribution in [-0.4, -0.2) is 26.4 Å². The molecule has 39 heavy (non-hydrogen) atoms. The van der Waals surface area contributed by atoms with Crippen molar-refractivity contribution in [3.05, 3.63) is 123 Å². The predicted molar refractivity (Wildman–Crippen MR) is 150 cm³/mol. The van der Waals surface area contributed by atoms with Crippen LogP contribution in [0.15, 0.2) is 95.9 Å². The maximum absolute atomic E-state index is 13.9. The quantitative estimate of drug-likeness (QED) is 0.190. The van der Waals surface area contributed by atoms with E-state index >= 15 is 0 Å². The van der Waals surface area contributed by atoms with Gasteiger partial charge in [0, 0.05) is 17.2 Å². The summed E-state index contributed by atoms with van der Waals surface area (Å²) in [6, 6.07) is 23.2.